The average Bonchev–Trinajstić information content (AvgIpc) is 2.88. The summed E-state index contributed by atoms with van der Waals surface area (Å²) in [6, 6.07) is 6.99. The van der Waals surface area contributed by atoms with E-state index in [0.717, 1.165) is 15.8 Å². The SMILES string of the molecule is Cc1cc(=O)n(-c2ccc3snc(C(C)Br)c3c2)c(=O)n1C. The van der Waals surface area contributed by atoms with E-state index in [9.17, 15) is 9.59 Å². The van der Waals surface area contributed by atoms with Crippen LogP contribution in [0.15, 0.2) is 33.9 Å². The van der Waals surface area contributed by atoms with Crippen LogP contribution in [0.5, 0.6) is 0 Å². The lowest BCUT2D eigenvalue weighted by atomic mass is 10.1. The number of fused-ring (bicyclic) bond motifs is 1. The molecule has 0 spiro atoms. The first-order valence-electron chi connectivity index (χ1n) is 6.73. The smallest absolute Gasteiger partial charge is 0.301 e. The lowest BCUT2D eigenvalue weighted by molar-refractivity contribution is 0.714. The molecule has 2 aromatic heterocycles. The molecule has 0 aliphatic carbocycles. The maximum atomic E-state index is 12.4. The Kier molecular flexibility index (Phi) is 3.78. The predicted octanol–water partition coefficient (Wildman–Crippen LogP) is 2.91. The van der Waals surface area contributed by atoms with E-state index in [1.54, 1.807) is 20.0 Å². The van der Waals surface area contributed by atoms with Crippen molar-refractivity contribution in [3.05, 3.63) is 56.5 Å². The zero-order valence-corrected chi connectivity index (χ0v) is 14.7. The van der Waals surface area contributed by atoms with Gasteiger partial charge in [0, 0.05) is 24.2 Å². The van der Waals surface area contributed by atoms with Gasteiger partial charge in [0.2, 0.25) is 0 Å². The molecule has 1 atom stereocenters. The van der Waals surface area contributed by atoms with Crippen molar-refractivity contribution in [2.24, 2.45) is 7.05 Å². The molecule has 114 valence electrons. The standard InChI is InChI=1S/C15H14BrN3O2S/c1-8-6-13(20)19(15(21)18(8)3)10-4-5-12-11(7-10)14(9(2)16)17-22-12/h4-7,9H,1-3H3. The number of aryl methyl sites for hydroxylation is 1. The Hall–Kier alpha value is -1.73. The van der Waals surface area contributed by atoms with E-state index in [1.165, 1.54) is 26.7 Å². The summed E-state index contributed by atoms with van der Waals surface area (Å²) < 4.78 is 8.11. The fourth-order valence-electron chi connectivity index (χ4n) is 2.34. The van der Waals surface area contributed by atoms with Crippen molar-refractivity contribution in [3.8, 4) is 5.69 Å². The molecule has 3 rings (SSSR count). The lowest BCUT2D eigenvalue weighted by Gasteiger charge is -2.09. The van der Waals surface area contributed by atoms with Crippen molar-refractivity contribution < 1.29 is 0 Å². The summed E-state index contributed by atoms with van der Waals surface area (Å²) >= 11 is 4.93. The Balaban J connectivity index is 2.32. The van der Waals surface area contributed by atoms with Gasteiger partial charge in [0.15, 0.2) is 0 Å². The van der Waals surface area contributed by atoms with E-state index >= 15 is 0 Å². The molecule has 7 heteroatoms. The van der Waals surface area contributed by atoms with Gasteiger partial charge in [0.1, 0.15) is 0 Å². The Morgan fingerprint density at radius 2 is 2.00 bits per heavy atom. The zero-order chi connectivity index (χ0) is 16.0. The molecule has 0 aliphatic heterocycles. The van der Waals surface area contributed by atoms with Crippen LogP contribution in [0, 0.1) is 6.92 Å². The highest BCUT2D eigenvalue weighted by Gasteiger charge is 2.14. The van der Waals surface area contributed by atoms with Crippen LogP contribution in [0.2, 0.25) is 0 Å². The molecule has 0 amide bonds. The lowest BCUT2D eigenvalue weighted by Crippen LogP contribution is -2.38. The molecule has 2 heterocycles. The molecule has 22 heavy (non-hydrogen) atoms. The third kappa shape index (κ3) is 2.34. The second-order valence-electron chi connectivity index (χ2n) is 5.17. The first-order chi connectivity index (χ1) is 10.4. The molecule has 0 bridgehead atoms. The van der Waals surface area contributed by atoms with Crippen molar-refractivity contribution >= 4 is 37.5 Å². The molecule has 0 radical (unpaired) electrons. The van der Waals surface area contributed by atoms with Gasteiger partial charge in [-0.05, 0) is 43.6 Å². The largest absolute Gasteiger partial charge is 0.335 e. The molecule has 0 aliphatic rings. The van der Waals surface area contributed by atoms with Crippen LogP contribution in [0.4, 0.5) is 0 Å². The van der Waals surface area contributed by atoms with E-state index in [-0.39, 0.29) is 16.1 Å². The van der Waals surface area contributed by atoms with Crippen molar-refractivity contribution in [1.82, 2.24) is 13.5 Å². The van der Waals surface area contributed by atoms with Gasteiger partial charge in [-0.2, -0.15) is 4.37 Å². The molecular weight excluding hydrogens is 366 g/mol. The molecule has 0 fully saturated rings. The van der Waals surface area contributed by atoms with Gasteiger partial charge in [0.25, 0.3) is 5.56 Å². The summed E-state index contributed by atoms with van der Waals surface area (Å²) in [6.07, 6.45) is 0. The molecular formula is C15H14BrN3O2S. The second kappa shape index (κ2) is 5.48. The topological polar surface area (TPSA) is 56.9 Å². The van der Waals surface area contributed by atoms with Gasteiger partial charge < -0.3 is 4.57 Å². The quantitative estimate of drug-likeness (QED) is 0.643. The van der Waals surface area contributed by atoms with Gasteiger partial charge in [-0.1, -0.05) is 15.9 Å². The third-order valence-electron chi connectivity index (χ3n) is 3.68. The molecule has 3 aromatic rings. The minimum absolute atomic E-state index is 0.106. The average molecular weight is 380 g/mol. The number of benzene rings is 1. The van der Waals surface area contributed by atoms with Crippen LogP contribution in [0.1, 0.15) is 23.1 Å². The molecule has 5 nitrogen and oxygen atoms in total. The van der Waals surface area contributed by atoms with Gasteiger partial charge >= 0.3 is 5.69 Å². The fourth-order valence-corrected chi connectivity index (χ4v) is 3.67. The predicted molar refractivity (Wildman–Crippen MR) is 92.5 cm³/mol. The summed E-state index contributed by atoms with van der Waals surface area (Å²) in [5.74, 6) is 0. The molecule has 1 unspecified atom stereocenters. The van der Waals surface area contributed by atoms with E-state index in [2.05, 4.69) is 20.3 Å². The van der Waals surface area contributed by atoms with E-state index in [1.807, 2.05) is 19.1 Å². The van der Waals surface area contributed by atoms with Crippen molar-refractivity contribution in [2.45, 2.75) is 18.7 Å². The first kappa shape index (κ1) is 15.2. The highest BCUT2D eigenvalue weighted by atomic mass is 79.9. The molecule has 0 N–H and O–H groups in total. The highest BCUT2D eigenvalue weighted by Crippen LogP contribution is 2.32. The summed E-state index contributed by atoms with van der Waals surface area (Å²) in [5, 5.41) is 0.960. The van der Waals surface area contributed by atoms with Crippen LogP contribution in [-0.2, 0) is 7.05 Å². The number of halogens is 1. The van der Waals surface area contributed by atoms with E-state index in [4.69, 9.17) is 0 Å². The van der Waals surface area contributed by atoms with Gasteiger partial charge in [-0.3, -0.25) is 4.79 Å². The van der Waals surface area contributed by atoms with Crippen LogP contribution in [0.3, 0.4) is 0 Å². The van der Waals surface area contributed by atoms with Crippen molar-refractivity contribution in [3.63, 3.8) is 0 Å². The minimum Gasteiger partial charge on any atom is -0.301 e. The number of aromatic nitrogens is 3. The van der Waals surface area contributed by atoms with Crippen molar-refractivity contribution in [1.29, 1.82) is 0 Å². The Bertz CT molecular complexity index is 985. The highest BCUT2D eigenvalue weighted by molar-refractivity contribution is 9.09. The first-order valence-corrected chi connectivity index (χ1v) is 8.42. The van der Waals surface area contributed by atoms with Gasteiger partial charge in [-0.15, -0.1) is 0 Å². The van der Waals surface area contributed by atoms with Gasteiger partial charge in [-0.25, -0.2) is 9.36 Å². The van der Waals surface area contributed by atoms with E-state index < -0.39 is 0 Å². The fraction of sp³-hybridized carbons (Fsp3) is 0.267. The zero-order valence-electron chi connectivity index (χ0n) is 12.3. The molecule has 0 saturated heterocycles. The van der Waals surface area contributed by atoms with Crippen LogP contribution in [0.25, 0.3) is 15.8 Å². The Morgan fingerprint density at radius 3 is 2.68 bits per heavy atom. The maximum absolute atomic E-state index is 12.4. The Morgan fingerprint density at radius 1 is 1.27 bits per heavy atom. The van der Waals surface area contributed by atoms with Crippen molar-refractivity contribution in [2.75, 3.05) is 0 Å². The summed E-state index contributed by atoms with van der Waals surface area (Å²) in [5.41, 5.74) is 1.45. The second-order valence-corrected chi connectivity index (χ2v) is 7.34. The Labute approximate surface area is 139 Å². The maximum Gasteiger partial charge on any atom is 0.335 e. The third-order valence-corrected chi connectivity index (χ3v) is 4.95. The summed E-state index contributed by atoms with van der Waals surface area (Å²) in [4.78, 5) is 24.7. The molecule has 1 aromatic carbocycles. The van der Waals surface area contributed by atoms with Crippen LogP contribution in [-0.4, -0.2) is 13.5 Å². The summed E-state index contributed by atoms with van der Waals surface area (Å²) in [6.45, 7) is 3.74. The van der Waals surface area contributed by atoms with Crippen LogP contribution < -0.4 is 11.2 Å². The monoisotopic (exact) mass is 379 g/mol. The normalized spacial score (nSPS) is 12.7. The van der Waals surface area contributed by atoms with Gasteiger partial charge in [0.05, 0.1) is 20.9 Å². The molecule has 0 saturated carbocycles. The number of alkyl halides is 1. The number of rotatable bonds is 2. The number of hydrogen-bond donors (Lipinski definition) is 0. The van der Waals surface area contributed by atoms with E-state index in [0.29, 0.717) is 11.4 Å². The van der Waals surface area contributed by atoms with Crippen LogP contribution >= 0.6 is 27.5 Å². The number of nitrogens with zero attached hydrogens (tertiary/aromatic N) is 3. The number of hydrogen-bond acceptors (Lipinski definition) is 4. The summed E-state index contributed by atoms with van der Waals surface area (Å²) in [7, 11) is 1.66. The minimum atomic E-state index is -0.346.